The second kappa shape index (κ2) is 5.85. The summed E-state index contributed by atoms with van der Waals surface area (Å²) in [6, 6.07) is 3.88. The van der Waals surface area contributed by atoms with Crippen molar-refractivity contribution in [2.75, 3.05) is 19.7 Å². The van der Waals surface area contributed by atoms with E-state index in [0.717, 1.165) is 18.1 Å². The second-order valence-corrected chi connectivity index (χ2v) is 6.36. The van der Waals surface area contributed by atoms with E-state index in [2.05, 4.69) is 4.90 Å². The summed E-state index contributed by atoms with van der Waals surface area (Å²) in [5.74, 6) is 1.77. The largest absolute Gasteiger partial charge is 0.465 e. The van der Waals surface area contributed by atoms with Crippen molar-refractivity contribution in [2.45, 2.75) is 51.5 Å². The summed E-state index contributed by atoms with van der Waals surface area (Å²) in [5, 5.41) is 9.43. The minimum Gasteiger partial charge on any atom is -0.465 e. The van der Waals surface area contributed by atoms with E-state index in [1.807, 2.05) is 39.8 Å². The molecule has 3 atom stereocenters. The SMILES string of the molecule is Cc1ccc(C(C(C)N)N2CC(CO)OC(C)(C)C2)o1. The molecule has 1 aromatic rings. The summed E-state index contributed by atoms with van der Waals surface area (Å²) in [5.41, 5.74) is 5.87. The van der Waals surface area contributed by atoms with Crippen LogP contribution >= 0.6 is 0 Å². The van der Waals surface area contributed by atoms with Crippen LogP contribution in [0.15, 0.2) is 16.5 Å². The van der Waals surface area contributed by atoms with E-state index < -0.39 is 0 Å². The van der Waals surface area contributed by atoms with Gasteiger partial charge in [0.25, 0.3) is 0 Å². The maximum atomic E-state index is 9.43. The third-order valence-corrected chi connectivity index (χ3v) is 3.66. The van der Waals surface area contributed by atoms with E-state index in [4.69, 9.17) is 14.9 Å². The molecule has 114 valence electrons. The minimum absolute atomic E-state index is 0.000856. The normalized spacial score (nSPS) is 26.4. The van der Waals surface area contributed by atoms with Crippen molar-refractivity contribution in [3.63, 3.8) is 0 Å². The third-order valence-electron chi connectivity index (χ3n) is 3.66. The van der Waals surface area contributed by atoms with Crippen molar-refractivity contribution in [2.24, 2.45) is 5.73 Å². The van der Waals surface area contributed by atoms with Gasteiger partial charge < -0.3 is 20.0 Å². The van der Waals surface area contributed by atoms with Crippen molar-refractivity contribution < 1.29 is 14.3 Å². The molecule has 5 nitrogen and oxygen atoms in total. The van der Waals surface area contributed by atoms with E-state index >= 15 is 0 Å². The molecule has 2 rings (SSSR count). The number of aliphatic hydroxyl groups excluding tert-OH is 1. The highest BCUT2D eigenvalue weighted by Crippen LogP contribution is 2.31. The lowest BCUT2D eigenvalue weighted by Gasteiger charge is -2.46. The van der Waals surface area contributed by atoms with Gasteiger partial charge in [0.05, 0.1) is 24.4 Å². The Morgan fingerprint density at radius 2 is 2.20 bits per heavy atom. The molecule has 20 heavy (non-hydrogen) atoms. The molecule has 0 saturated carbocycles. The summed E-state index contributed by atoms with van der Waals surface area (Å²) in [6.45, 7) is 9.42. The average Bonchev–Trinajstić information content (AvgIpc) is 2.73. The summed E-state index contributed by atoms with van der Waals surface area (Å²) in [4.78, 5) is 2.26. The number of aliphatic hydroxyl groups is 1. The minimum atomic E-state index is -0.305. The lowest BCUT2D eigenvalue weighted by Crippen LogP contribution is -2.56. The van der Waals surface area contributed by atoms with Crippen LogP contribution in [0.1, 0.15) is 38.3 Å². The van der Waals surface area contributed by atoms with Crippen molar-refractivity contribution in [1.82, 2.24) is 4.90 Å². The van der Waals surface area contributed by atoms with Gasteiger partial charge in [0, 0.05) is 19.1 Å². The number of morpholine rings is 1. The van der Waals surface area contributed by atoms with E-state index in [1.54, 1.807) is 0 Å². The Hall–Kier alpha value is -0.880. The third kappa shape index (κ3) is 3.41. The predicted octanol–water partition coefficient (Wildman–Crippen LogP) is 1.45. The van der Waals surface area contributed by atoms with Gasteiger partial charge in [-0.2, -0.15) is 0 Å². The molecule has 0 aromatic carbocycles. The summed E-state index contributed by atoms with van der Waals surface area (Å²) in [6.07, 6.45) is -0.184. The van der Waals surface area contributed by atoms with Gasteiger partial charge >= 0.3 is 0 Å². The Balaban J connectivity index is 2.24. The number of furan rings is 1. The molecule has 1 fully saturated rings. The van der Waals surface area contributed by atoms with Crippen molar-refractivity contribution in [3.8, 4) is 0 Å². The zero-order valence-electron chi connectivity index (χ0n) is 12.8. The fourth-order valence-corrected chi connectivity index (χ4v) is 3.03. The first-order valence-electron chi connectivity index (χ1n) is 7.17. The van der Waals surface area contributed by atoms with Crippen LogP contribution < -0.4 is 5.73 Å². The Morgan fingerprint density at radius 3 is 2.70 bits per heavy atom. The van der Waals surface area contributed by atoms with E-state index in [9.17, 15) is 5.11 Å². The van der Waals surface area contributed by atoms with Crippen molar-refractivity contribution >= 4 is 0 Å². The Bertz CT molecular complexity index is 442. The number of nitrogens with zero attached hydrogens (tertiary/aromatic N) is 1. The first-order valence-corrected chi connectivity index (χ1v) is 7.17. The molecule has 1 aromatic heterocycles. The summed E-state index contributed by atoms with van der Waals surface area (Å²) < 4.78 is 11.6. The summed E-state index contributed by atoms with van der Waals surface area (Å²) >= 11 is 0. The van der Waals surface area contributed by atoms with E-state index in [1.165, 1.54) is 0 Å². The topological polar surface area (TPSA) is 71.9 Å². The number of aryl methyl sites for hydroxylation is 1. The number of rotatable bonds is 4. The molecule has 0 aliphatic carbocycles. The average molecular weight is 282 g/mol. The highest BCUT2D eigenvalue weighted by molar-refractivity contribution is 5.12. The Kier molecular flexibility index (Phi) is 4.54. The van der Waals surface area contributed by atoms with Crippen LogP contribution in [0.5, 0.6) is 0 Å². The van der Waals surface area contributed by atoms with Gasteiger partial charge in [-0.25, -0.2) is 0 Å². The molecule has 1 saturated heterocycles. The molecular weight excluding hydrogens is 256 g/mol. The number of ether oxygens (including phenoxy) is 1. The van der Waals surface area contributed by atoms with Crippen LogP contribution in [0.3, 0.4) is 0 Å². The molecular formula is C15H26N2O3. The Morgan fingerprint density at radius 1 is 1.50 bits per heavy atom. The van der Waals surface area contributed by atoms with Crippen LogP contribution in [0, 0.1) is 6.92 Å². The van der Waals surface area contributed by atoms with Gasteiger partial charge in [-0.3, -0.25) is 4.90 Å². The molecule has 1 aliphatic rings. The van der Waals surface area contributed by atoms with Gasteiger partial charge in [0.1, 0.15) is 11.5 Å². The molecule has 0 bridgehead atoms. The molecule has 0 spiro atoms. The first kappa shape index (κ1) is 15.5. The zero-order chi connectivity index (χ0) is 14.9. The lowest BCUT2D eigenvalue weighted by molar-refractivity contribution is -0.159. The highest BCUT2D eigenvalue weighted by atomic mass is 16.5. The maximum absolute atomic E-state index is 9.43. The van der Waals surface area contributed by atoms with Gasteiger partial charge in [-0.15, -0.1) is 0 Å². The predicted molar refractivity (Wildman–Crippen MR) is 77.4 cm³/mol. The quantitative estimate of drug-likeness (QED) is 0.874. The van der Waals surface area contributed by atoms with Gasteiger partial charge in [0.15, 0.2) is 0 Å². The van der Waals surface area contributed by atoms with E-state index in [-0.39, 0.29) is 30.4 Å². The fraction of sp³-hybridized carbons (Fsp3) is 0.733. The second-order valence-electron chi connectivity index (χ2n) is 6.36. The van der Waals surface area contributed by atoms with Gasteiger partial charge in [-0.05, 0) is 39.8 Å². The maximum Gasteiger partial charge on any atom is 0.122 e. The van der Waals surface area contributed by atoms with Crippen LogP contribution in [0.4, 0.5) is 0 Å². The Labute approximate surface area is 120 Å². The van der Waals surface area contributed by atoms with Gasteiger partial charge in [0.2, 0.25) is 0 Å². The monoisotopic (exact) mass is 282 g/mol. The van der Waals surface area contributed by atoms with Crippen LogP contribution in [0.25, 0.3) is 0 Å². The van der Waals surface area contributed by atoms with Crippen molar-refractivity contribution in [1.29, 1.82) is 0 Å². The van der Waals surface area contributed by atoms with E-state index in [0.29, 0.717) is 6.54 Å². The fourth-order valence-electron chi connectivity index (χ4n) is 3.03. The molecule has 3 unspecified atom stereocenters. The smallest absolute Gasteiger partial charge is 0.122 e. The number of hydrogen-bond donors (Lipinski definition) is 2. The molecule has 3 N–H and O–H groups in total. The molecule has 0 radical (unpaired) electrons. The first-order chi connectivity index (χ1) is 9.32. The molecule has 5 heteroatoms. The summed E-state index contributed by atoms with van der Waals surface area (Å²) in [7, 11) is 0. The van der Waals surface area contributed by atoms with Gasteiger partial charge in [-0.1, -0.05) is 0 Å². The number of nitrogens with two attached hydrogens (primary N) is 1. The lowest BCUT2D eigenvalue weighted by atomic mass is 9.99. The van der Waals surface area contributed by atoms with Crippen molar-refractivity contribution in [3.05, 3.63) is 23.7 Å². The molecule has 0 amide bonds. The van der Waals surface area contributed by atoms with Crippen LogP contribution in [-0.2, 0) is 4.74 Å². The molecule has 2 heterocycles. The zero-order valence-corrected chi connectivity index (χ0v) is 12.8. The highest BCUT2D eigenvalue weighted by Gasteiger charge is 2.38. The number of hydrogen-bond acceptors (Lipinski definition) is 5. The standard InChI is InChI=1S/C15H26N2O3/c1-10-5-6-13(19-10)14(11(2)16)17-7-12(8-18)20-15(3,4)9-17/h5-6,11-12,14,18H,7-9,16H2,1-4H3. The van der Waals surface area contributed by atoms with Crippen LogP contribution in [0.2, 0.25) is 0 Å². The van der Waals surface area contributed by atoms with Crippen LogP contribution in [-0.4, -0.2) is 47.4 Å². The molecule has 1 aliphatic heterocycles.